The van der Waals surface area contributed by atoms with Crippen LogP contribution in [0.25, 0.3) is 10.8 Å². The van der Waals surface area contributed by atoms with Gasteiger partial charge in [0.25, 0.3) is 0 Å². The molecule has 3 aromatic rings. The van der Waals surface area contributed by atoms with E-state index in [9.17, 15) is 4.79 Å². The lowest BCUT2D eigenvalue weighted by Gasteiger charge is -2.09. The van der Waals surface area contributed by atoms with Crippen LogP contribution in [0.15, 0.2) is 54.6 Å². The van der Waals surface area contributed by atoms with Crippen molar-refractivity contribution in [1.82, 2.24) is 0 Å². The van der Waals surface area contributed by atoms with Crippen molar-refractivity contribution in [2.45, 2.75) is 0 Å². The number of esters is 1. The van der Waals surface area contributed by atoms with Gasteiger partial charge < -0.3 is 4.74 Å². The summed E-state index contributed by atoms with van der Waals surface area (Å²) in [4.78, 5) is 12.2. The molecule has 0 fully saturated rings. The lowest BCUT2D eigenvalue weighted by molar-refractivity contribution is 0.0735. The van der Waals surface area contributed by atoms with Gasteiger partial charge >= 0.3 is 5.97 Å². The standard InChI is InChI=1S/C17H9Cl3O2/c18-11-6-7-13(14(19)9-11)17(21)22-15-8-5-10-3-1-2-4-12(10)16(15)20/h1-9H. The minimum atomic E-state index is -0.584. The van der Waals surface area contributed by atoms with Gasteiger partial charge in [-0.25, -0.2) is 4.79 Å². The molecule has 3 rings (SSSR count). The van der Waals surface area contributed by atoms with Gasteiger partial charge in [-0.05, 0) is 29.7 Å². The Morgan fingerprint density at radius 1 is 0.909 bits per heavy atom. The second kappa shape index (κ2) is 6.17. The molecule has 3 aromatic carbocycles. The first-order valence-corrected chi connectivity index (χ1v) is 7.54. The van der Waals surface area contributed by atoms with Gasteiger partial charge in [-0.1, -0.05) is 65.1 Å². The molecule has 0 aliphatic carbocycles. The summed E-state index contributed by atoms with van der Waals surface area (Å²) in [6.45, 7) is 0. The number of ether oxygens (including phenoxy) is 1. The molecular weight excluding hydrogens is 343 g/mol. The molecule has 2 nitrogen and oxygen atoms in total. The Balaban J connectivity index is 1.96. The highest BCUT2D eigenvalue weighted by atomic mass is 35.5. The largest absolute Gasteiger partial charge is 0.421 e. The highest BCUT2D eigenvalue weighted by Gasteiger charge is 2.16. The molecule has 0 aliphatic heterocycles. The molecule has 0 heterocycles. The van der Waals surface area contributed by atoms with E-state index in [1.165, 1.54) is 12.1 Å². The summed E-state index contributed by atoms with van der Waals surface area (Å²) in [5.74, 6) is -0.296. The summed E-state index contributed by atoms with van der Waals surface area (Å²) in [6.07, 6.45) is 0. The highest BCUT2D eigenvalue weighted by molar-refractivity contribution is 6.38. The first-order valence-electron chi connectivity index (χ1n) is 6.41. The minimum absolute atomic E-state index is 0.231. The Morgan fingerprint density at radius 2 is 1.68 bits per heavy atom. The maximum atomic E-state index is 12.2. The van der Waals surface area contributed by atoms with Crippen molar-refractivity contribution in [2.24, 2.45) is 0 Å². The second-order valence-electron chi connectivity index (χ2n) is 4.61. The molecule has 0 amide bonds. The van der Waals surface area contributed by atoms with E-state index in [0.29, 0.717) is 10.0 Å². The summed E-state index contributed by atoms with van der Waals surface area (Å²) in [6, 6.07) is 15.7. The summed E-state index contributed by atoms with van der Waals surface area (Å²) >= 11 is 18.1. The van der Waals surface area contributed by atoms with Gasteiger partial charge in [0, 0.05) is 10.4 Å². The number of fused-ring (bicyclic) bond motifs is 1. The van der Waals surface area contributed by atoms with E-state index >= 15 is 0 Å². The van der Waals surface area contributed by atoms with Gasteiger partial charge in [0.2, 0.25) is 0 Å². The maximum absolute atomic E-state index is 12.2. The molecule has 0 N–H and O–H groups in total. The molecular formula is C17H9Cl3O2. The van der Waals surface area contributed by atoms with Crippen molar-refractivity contribution in [2.75, 3.05) is 0 Å². The Kier molecular flexibility index (Phi) is 4.25. The number of carbonyl (C=O) groups is 1. The number of halogens is 3. The molecule has 0 bridgehead atoms. The van der Waals surface area contributed by atoms with E-state index in [-0.39, 0.29) is 16.3 Å². The zero-order valence-corrected chi connectivity index (χ0v) is 13.4. The van der Waals surface area contributed by atoms with Crippen LogP contribution in [0.3, 0.4) is 0 Å². The zero-order chi connectivity index (χ0) is 15.7. The van der Waals surface area contributed by atoms with Crippen molar-refractivity contribution in [3.63, 3.8) is 0 Å². The fraction of sp³-hybridized carbons (Fsp3) is 0. The van der Waals surface area contributed by atoms with E-state index in [0.717, 1.165) is 10.8 Å². The van der Waals surface area contributed by atoms with Crippen LogP contribution in [0.4, 0.5) is 0 Å². The first-order chi connectivity index (χ1) is 10.6. The van der Waals surface area contributed by atoms with Gasteiger partial charge in [-0.2, -0.15) is 0 Å². The van der Waals surface area contributed by atoms with Crippen LogP contribution in [0.2, 0.25) is 15.1 Å². The third-order valence-corrected chi connectivity index (χ3v) is 4.12. The van der Waals surface area contributed by atoms with E-state index in [4.69, 9.17) is 39.5 Å². The maximum Gasteiger partial charge on any atom is 0.345 e. The van der Waals surface area contributed by atoms with Crippen LogP contribution in [-0.2, 0) is 0 Å². The predicted octanol–water partition coefficient (Wildman–Crippen LogP) is 6.02. The van der Waals surface area contributed by atoms with Crippen LogP contribution < -0.4 is 4.74 Å². The fourth-order valence-corrected chi connectivity index (χ4v) is 2.86. The van der Waals surface area contributed by atoms with Crippen LogP contribution >= 0.6 is 34.8 Å². The third kappa shape index (κ3) is 2.91. The molecule has 0 saturated carbocycles. The van der Waals surface area contributed by atoms with E-state index < -0.39 is 5.97 Å². The third-order valence-electron chi connectivity index (χ3n) is 3.18. The van der Waals surface area contributed by atoms with Crippen molar-refractivity contribution < 1.29 is 9.53 Å². The van der Waals surface area contributed by atoms with Gasteiger partial charge in [-0.15, -0.1) is 0 Å². The zero-order valence-electron chi connectivity index (χ0n) is 11.1. The van der Waals surface area contributed by atoms with Crippen LogP contribution in [-0.4, -0.2) is 5.97 Å². The number of rotatable bonds is 2. The SMILES string of the molecule is O=C(Oc1ccc2ccccc2c1Cl)c1ccc(Cl)cc1Cl. The van der Waals surface area contributed by atoms with Crippen LogP contribution in [0.1, 0.15) is 10.4 Å². The Hall–Kier alpha value is -1.74. The van der Waals surface area contributed by atoms with Crippen molar-refractivity contribution in [1.29, 1.82) is 0 Å². The molecule has 0 saturated heterocycles. The number of hydrogen-bond donors (Lipinski definition) is 0. The predicted molar refractivity (Wildman–Crippen MR) is 90.4 cm³/mol. The van der Waals surface area contributed by atoms with Crippen LogP contribution in [0, 0.1) is 0 Å². The molecule has 0 atom stereocenters. The smallest absolute Gasteiger partial charge is 0.345 e. The molecule has 5 heteroatoms. The van der Waals surface area contributed by atoms with E-state index in [1.807, 2.05) is 30.3 Å². The minimum Gasteiger partial charge on any atom is -0.421 e. The molecule has 110 valence electrons. The van der Waals surface area contributed by atoms with Crippen molar-refractivity contribution in [3.8, 4) is 5.75 Å². The Labute approximate surface area is 142 Å². The second-order valence-corrected chi connectivity index (χ2v) is 5.83. The monoisotopic (exact) mass is 350 g/mol. The van der Waals surface area contributed by atoms with Crippen molar-refractivity contribution >= 4 is 51.5 Å². The average Bonchev–Trinajstić information content (AvgIpc) is 2.50. The highest BCUT2D eigenvalue weighted by Crippen LogP contribution is 2.33. The number of hydrogen-bond acceptors (Lipinski definition) is 2. The van der Waals surface area contributed by atoms with Gasteiger partial charge in [0.1, 0.15) is 5.75 Å². The molecule has 0 spiro atoms. The summed E-state index contributed by atoms with van der Waals surface area (Å²) in [7, 11) is 0. The molecule has 0 unspecified atom stereocenters. The lowest BCUT2D eigenvalue weighted by Crippen LogP contribution is -2.09. The van der Waals surface area contributed by atoms with Gasteiger partial charge in [-0.3, -0.25) is 0 Å². The first kappa shape index (κ1) is 15.2. The normalized spacial score (nSPS) is 10.7. The summed E-state index contributed by atoms with van der Waals surface area (Å²) in [5, 5.41) is 2.85. The van der Waals surface area contributed by atoms with Gasteiger partial charge in [0.05, 0.1) is 15.6 Å². The number of carbonyl (C=O) groups excluding carboxylic acids is 1. The average molecular weight is 352 g/mol. The summed E-state index contributed by atoms with van der Waals surface area (Å²) < 4.78 is 5.36. The molecule has 0 aromatic heterocycles. The van der Waals surface area contributed by atoms with E-state index in [2.05, 4.69) is 0 Å². The fourth-order valence-electron chi connectivity index (χ4n) is 2.10. The van der Waals surface area contributed by atoms with Gasteiger partial charge in [0.15, 0.2) is 0 Å². The Morgan fingerprint density at radius 3 is 2.45 bits per heavy atom. The lowest BCUT2D eigenvalue weighted by atomic mass is 10.1. The van der Waals surface area contributed by atoms with Crippen LogP contribution in [0.5, 0.6) is 5.75 Å². The molecule has 0 aliphatic rings. The quantitative estimate of drug-likeness (QED) is 0.417. The van der Waals surface area contributed by atoms with E-state index in [1.54, 1.807) is 12.1 Å². The molecule has 0 radical (unpaired) electrons. The van der Waals surface area contributed by atoms with Crippen molar-refractivity contribution in [3.05, 3.63) is 75.2 Å². The summed E-state index contributed by atoms with van der Waals surface area (Å²) in [5.41, 5.74) is 0.232. The Bertz CT molecular complexity index is 875. The molecule has 22 heavy (non-hydrogen) atoms. The number of benzene rings is 3. The topological polar surface area (TPSA) is 26.3 Å².